The Hall–Kier alpha value is -3.41. The van der Waals surface area contributed by atoms with E-state index in [4.69, 9.17) is 23.2 Å². The van der Waals surface area contributed by atoms with E-state index in [0.717, 1.165) is 23.2 Å². The summed E-state index contributed by atoms with van der Waals surface area (Å²) >= 11 is 12.1. The number of likely N-dealkylation sites (tertiary alicyclic amines) is 1. The lowest BCUT2D eigenvalue weighted by atomic mass is 9.99. The molecule has 2 N–H and O–H groups in total. The second kappa shape index (κ2) is 13.1. The van der Waals surface area contributed by atoms with Gasteiger partial charge in [0, 0.05) is 41.8 Å². The Morgan fingerprint density at radius 2 is 1.82 bits per heavy atom. The predicted octanol–water partition coefficient (Wildman–Crippen LogP) is 5.52. The van der Waals surface area contributed by atoms with E-state index in [2.05, 4.69) is 16.3 Å². The number of nitrogens with one attached hydrogen (secondary N) is 1. The normalized spacial score (nSPS) is 15.9. The molecule has 2 amide bonds. The highest BCUT2D eigenvalue weighted by molar-refractivity contribution is 6.35. The fourth-order valence-corrected chi connectivity index (χ4v) is 5.26. The van der Waals surface area contributed by atoms with Gasteiger partial charge in [-0.25, -0.2) is 0 Å². The van der Waals surface area contributed by atoms with Crippen LogP contribution in [0, 0.1) is 11.3 Å². The van der Waals surface area contributed by atoms with Crippen LogP contribution >= 0.6 is 23.2 Å². The maximum atomic E-state index is 13.4. The largest absolute Gasteiger partial charge is 0.392 e. The molecular weight excluding hydrogens is 535 g/mol. The van der Waals surface area contributed by atoms with Crippen LogP contribution in [0.25, 0.3) is 11.1 Å². The topological polar surface area (TPSA) is 96.7 Å². The molecule has 0 aromatic heterocycles. The molecule has 0 spiro atoms. The van der Waals surface area contributed by atoms with Crippen molar-refractivity contribution in [3.63, 3.8) is 0 Å². The number of carbonyl (C=O) groups is 2. The fourth-order valence-electron chi connectivity index (χ4n) is 4.74. The zero-order valence-corrected chi connectivity index (χ0v) is 23.1. The van der Waals surface area contributed by atoms with E-state index in [1.807, 2.05) is 49.4 Å². The first-order valence-corrected chi connectivity index (χ1v) is 13.5. The Morgan fingerprint density at radius 1 is 1.10 bits per heavy atom. The van der Waals surface area contributed by atoms with E-state index in [1.165, 1.54) is 0 Å². The summed E-state index contributed by atoms with van der Waals surface area (Å²) in [5.74, 6) is -0.524. The van der Waals surface area contributed by atoms with Gasteiger partial charge in [-0.1, -0.05) is 59.6 Å². The van der Waals surface area contributed by atoms with Gasteiger partial charge in [0.05, 0.1) is 23.8 Å². The molecule has 3 aromatic rings. The molecule has 0 radical (unpaired) electrons. The number of amides is 2. The van der Waals surface area contributed by atoms with Crippen molar-refractivity contribution in [2.45, 2.75) is 31.9 Å². The third-order valence-corrected chi connectivity index (χ3v) is 7.29. The van der Waals surface area contributed by atoms with Crippen LogP contribution in [0.3, 0.4) is 0 Å². The smallest absolute Gasteiger partial charge is 0.244 e. The van der Waals surface area contributed by atoms with Crippen LogP contribution in [0.1, 0.15) is 36.9 Å². The molecule has 202 valence electrons. The van der Waals surface area contributed by atoms with Crippen LogP contribution in [-0.2, 0) is 9.59 Å². The number of hydrogen-bond donors (Lipinski definition) is 2. The van der Waals surface area contributed by atoms with Gasteiger partial charge in [-0.15, -0.1) is 0 Å². The van der Waals surface area contributed by atoms with E-state index in [-0.39, 0.29) is 36.9 Å². The standard InChI is InChI=1S/C30H30Cl2N4O3/c1-20(22-5-7-23(8-6-22)24-4-2-3-21(13-24)17-33)36(30(39)10-12-35-11-9-28(37)18-35)19-29(38)34-27-15-25(31)14-26(32)16-27/h2-8,13-16,20,28,37H,9-12,18-19H2,1H3,(H,34,38)/t20-,28+/m0/s1. The first-order chi connectivity index (χ1) is 18.7. The summed E-state index contributed by atoms with van der Waals surface area (Å²) < 4.78 is 0. The molecule has 7 nitrogen and oxygen atoms in total. The minimum Gasteiger partial charge on any atom is -0.392 e. The number of carbonyl (C=O) groups excluding carboxylic acids is 2. The zero-order valence-electron chi connectivity index (χ0n) is 21.6. The Kier molecular flexibility index (Phi) is 9.60. The van der Waals surface area contributed by atoms with Crippen LogP contribution in [-0.4, -0.2) is 59.0 Å². The monoisotopic (exact) mass is 564 g/mol. The number of nitrogens with zero attached hydrogens (tertiary/aromatic N) is 3. The third kappa shape index (κ3) is 7.81. The lowest BCUT2D eigenvalue weighted by Gasteiger charge is -2.30. The molecule has 39 heavy (non-hydrogen) atoms. The fraction of sp³-hybridized carbons (Fsp3) is 0.300. The van der Waals surface area contributed by atoms with E-state index in [0.29, 0.717) is 40.8 Å². The molecule has 9 heteroatoms. The summed E-state index contributed by atoms with van der Waals surface area (Å²) in [6.45, 7) is 3.55. The van der Waals surface area contributed by atoms with Crippen LogP contribution < -0.4 is 5.32 Å². The van der Waals surface area contributed by atoms with Gasteiger partial charge in [0.1, 0.15) is 6.54 Å². The van der Waals surface area contributed by atoms with Crippen molar-refractivity contribution in [3.8, 4) is 17.2 Å². The molecule has 0 unspecified atom stereocenters. The van der Waals surface area contributed by atoms with Gasteiger partial charge in [0.15, 0.2) is 0 Å². The van der Waals surface area contributed by atoms with Crippen molar-refractivity contribution in [1.82, 2.24) is 9.80 Å². The SMILES string of the molecule is C[C@@H](c1ccc(-c2cccc(C#N)c2)cc1)N(CC(=O)Nc1cc(Cl)cc(Cl)c1)C(=O)CCN1CC[C@@H](O)C1. The van der Waals surface area contributed by atoms with Gasteiger partial charge in [-0.05, 0) is 60.4 Å². The van der Waals surface area contributed by atoms with Crippen molar-refractivity contribution in [1.29, 1.82) is 5.26 Å². The molecule has 0 bridgehead atoms. The molecule has 1 aliphatic rings. The summed E-state index contributed by atoms with van der Waals surface area (Å²) in [6.07, 6.45) is 0.562. The van der Waals surface area contributed by atoms with Crippen molar-refractivity contribution in [2.24, 2.45) is 0 Å². The number of benzene rings is 3. The number of halogens is 2. The van der Waals surface area contributed by atoms with Gasteiger partial charge < -0.3 is 20.2 Å². The van der Waals surface area contributed by atoms with E-state index in [1.54, 1.807) is 29.2 Å². The number of nitriles is 1. The van der Waals surface area contributed by atoms with E-state index >= 15 is 0 Å². The summed E-state index contributed by atoms with van der Waals surface area (Å²) in [5, 5.41) is 22.6. The Morgan fingerprint density at radius 3 is 2.46 bits per heavy atom. The summed E-state index contributed by atoms with van der Waals surface area (Å²) in [4.78, 5) is 30.1. The van der Waals surface area contributed by atoms with Crippen LogP contribution in [0.15, 0.2) is 66.7 Å². The average Bonchev–Trinajstić information content (AvgIpc) is 3.34. The number of aliphatic hydroxyl groups excluding tert-OH is 1. The summed E-state index contributed by atoms with van der Waals surface area (Å²) in [6, 6.07) is 21.7. The summed E-state index contributed by atoms with van der Waals surface area (Å²) in [5.41, 5.74) is 3.78. The van der Waals surface area contributed by atoms with Gasteiger partial charge >= 0.3 is 0 Å². The first kappa shape index (κ1) is 28.6. The van der Waals surface area contributed by atoms with Crippen molar-refractivity contribution in [3.05, 3.63) is 87.9 Å². The lowest BCUT2D eigenvalue weighted by molar-refractivity contribution is -0.137. The maximum absolute atomic E-state index is 13.4. The second-order valence-corrected chi connectivity index (χ2v) is 10.6. The predicted molar refractivity (Wildman–Crippen MR) is 153 cm³/mol. The lowest BCUT2D eigenvalue weighted by Crippen LogP contribution is -2.41. The van der Waals surface area contributed by atoms with Crippen molar-refractivity contribution < 1.29 is 14.7 Å². The Labute approximate surface area is 238 Å². The highest BCUT2D eigenvalue weighted by Gasteiger charge is 2.26. The highest BCUT2D eigenvalue weighted by atomic mass is 35.5. The number of rotatable bonds is 9. The minimum atomic E-state index is -0.380. The number of anilines is 1. The minimum absolute atomic E-state index is 0.154. The molecule has 1 saturated heterocycles. The maximum Gasteiger partial charge on any atom is 0.244 e. The van der Waals surface area contributed by atoms with Crippen molar-refractivity contribution >= 4 is 40.7 Å². The van der Waals surface area contributed by atoms with Gasteiger partial charge in [0.25, 0.3) is 0 Å². The van der Waals surface area contributed by atoms with Crippen LogP contribution in [0.2, 0.25) is 10.0 Å². The molecule has 0 aliphatic carbocycles. The van der Waals surface area contributed by atoms with Crippen LogP contribution in [0.5, 0.6) is 0 Å². The highest BCUT2D eigenvalue weighted by Crippen LogP contribution is 2.27. The quantitative estimate of drug-likeness (QED) is 0.357. The summed E-state index contributed by atoms with van der Waals surface area (Å²) in [7, 11) is 0. The molecule has 0 saturated carbocycles. The second-order valence-electron chi connectivity index (χ2n) is 9.71. The van der Waals surface area contributed by atoms with Crippen LogP contribution in [0.4, 0.5) is 5.69 Å². The Balaban J connectivity index is 1.51. The number of β-amino-alcohol motifs (C(OH)–C–C–N with tert-alkyl or cyclic N) is 1. The first-order valence-electron chi connectivity index (χ1n) is 12.8. The van der Waals surface area contributed by atoms with Gasteiger partial charge in [0.2, 0.25) is 11.8 Å². The molecule has 2 atom stereocenters. The number of hydrogen-bond acceptors (Lipinski definition) is 5. The molecule has 4 rings (SSSR count). The molecule has 1 aliphatic heterocycles. The molecular formula is C30H30Cl2N4O3. The molecule has 1 heterocycles. The van der Waals surface area contributed by atoms with E-state index < -0.39 is 0 Å². The van der Waals surface area contributed by atoms with Gasteiger partial charge in [-0.2, -0.15) is 5.26 Å². The Bertz CT molecular complexity index is 1350. The molecule has 1 fully saturated rings. The molecule has 3 aromatic carbocycles. The number of aliphatic hydroxyl groups is 1. The average molecular weight is 566 g/mol. The van der Waals surface area contributed by atoms with E-state index in [9.17, 15) is 20.0 Å². The van der Waals surface area contributed by atoms with Gasteiger partial charge in [-0.3, -0.25) is 9.59 Å². The zero-order chi connectivity index (χ0) is 27.9. The third-order valence-electron chi connectivity index (χ3n) is 6.86. The van der Waals surface area contributed by atoms with Crippen molar-refractivity contribution in [2.75, 3.05) is 31.5 Å².